The molecule has 2 aromatic rings. The number of phenols is 1. The summed E-state index contributed by atoms with van der Waals surface area (Å²) in [5, 5.41) is 10.6. The summed E-state index contributed by atoms with van der Waals surface area (Å²) < 4.78 is 0. The van der Waals surface area contributed by atoms with E-state index in [1.807, 2.05) is 24.3 Å². The number of fused-ring (bicyclic) bond motifs is 5. The van der Waals surface area contributed by atoms with Crippen molar-refractivity contribution in [3.63, 3.8) is 0 Å². The lowest BCUT2D eigenvalue weighted by atomic mass is 9.73. The monoisotopic (exact) mass is 341 g/mol. The zero-order valence-corrected chi connectivity index (χ0v) is 14.4. The minimum absolute atomic E-state index is 0.136. The van der Waals surface area contributed by atoms with Crippen LogP contribution >= 0.6 is 11.6 Å². The Labute approximate surface area is 146 Å². The molecule has 2 atom stereocenters. The smallest absolute Gasteiger partial charge is 0.150 e. The summed E-state index contributed by atoms with van der Waals surface area (Å²) in [5.74, 6) is 0.303. The molecule has 0 radical (unpaired) electrons. The molecule has 0 fully saturated rings. The van der Waals surface area contributed by atoms with Gasteiger partial charge in [-0.2, -0.15) is 0 Å². The largest absolute Gasteiger partial charge is 0.506 e. The molecule has 0 saturated carbocycles. The molecule has 2 aromatic carbocycles. The van der Waals surface area contributed by atoms with Crippen molar-refractivity contribution in [2.24, 2.45) is 0 Å². The van der Waals surface area contributed by atoms with E-state index in [4.69, 9.17) is 11.6 Å². The van der Waals surface area contributed by atoms with Gasteiger partial charge in [-0.25, -0.2) is 0 Å². The number of likely N-dealkylation sites (N-methyl/N-ethyl adjacent to an activating group) is 1. The van der Waals surface area contributed by atoms with Gasteiger partial charge in [0.15, 0.2) is 0 Å². The Morgan fingerprint density at radius 1 is 1.25 bits per heavy atom. The molecule has 1 aliphatic heterocycles. The predicted molar refractivity (Wildman–Crippen MR) is 95.2 cm³/mol. The van der Waals surface area contributed by atoms with Gasteiger partial charge in [0.25, 0.3) is 0 Å². The van der Waals surface area contributed by atoms with Gasteiger partial charge in [-0.3, -0.25) is 4.79 Å². The number of benzene rings is 2. The van der Waals surface area contributed by atoms with Crippen molar-refractivity contribution in [3.05, 3.63) is 63.2 Å². The van der Waals surface area contributed by atoms with Crippen LogP contribution < -0.4 is 0 Å². The number of phenolic OH excluding ortho intramolecular Hbond substituents is 1. The van der Waals surface area contributed by atoms with Crippen molar-refractivity contribution in [2.75, 3.05) is 13.6 Å². The minimum atomic E-state index is 0.136. The van der Waals surface area contributed by atoms with Crippen LogP contribution in [0.4, 0.5) is 0 Å². The van der Waals surface area contributed by atoms with E-state index in [0.717, 1.165) is 48.8 Å². The number of aromatic hydroxyl groups is 1. The molecule has 1 N–H and O–H groups in total. The van der Waals surface area contributed by atoms with Crippen LogP contribution in [0.1, 0.15) is 45.0 Å². The first-order chi connectivity index (χ1) is 11.6. The van der Waals surface area contributed by atoms with E-state index in [1.165, 1.54) is 11.1 Å². The van der Waals surface area contributed by atoms with E-state index in [2.05, 4.69) is 18.0 Å². The van der Waals surface area contributed by atoms with Crippen molar-refractivity contribution < 1.29 is 9.90 Å². The van der Waals surface area contributed by atoms with Crippen LogP contribution in [-0.4, -0.2) is 35.9 Å². The van der Waals surface area contributed by atoms with Crippen LogP contribution in [0.25, 0.3) is 0 Å². The summed E-state index contributed by atoms with van der Waals surface area (Å²) in [4.78, 5) is 13.9. The van der Waals surface area contributed by atoms with Crippen LogP contribution in [0.3, 0.4) is 0 Å². The van der Waals surface area contributed by atoms with Crippen molar-refractivity contribution >= 4 is 17.9 Å². The fraction of sp³-hybridized carbons (Fsp3) is 0.350. The lowest BCUT2D eigenvalue weighted by molar-refractivity contribution is 0.112. The summed E-state index contributed by atoms with van der Waals surface area (Å²) in [6.45, 7) is 0.970. The van der Waals surface area contributed by atoms with E-state index < -0.39 is 0 Å². The molecular formula is C20H20ClNO2. The van der Waals surface area contributed by atoms with E-state index in [0.29, 0.717) is 11.1 Å². The zero-order chi connectivity index (χ0) is 16.8. The Balaban J connectivity index is 1.96. The van der Waals surface area contributed by atoms with Crippen LogP contribution in [0.15, 0.2) is 30.3 Å². The topological polar surface area (TPSA) is 40.5 Å². The highest BCUT2D eigenvalue weighted by molar-refractivity contribution is 6.32. The SMILES string of the molecule is CN1CCc2cc(Cl)c(O)cc2C2c3cccc(C=O)c3CC[C@@H]21. The Morgan fingerprint density at radius 3 is 2.88 bits per heavy atom. The summed E-state index contributed by atoms with van der Waals surface area (Å²) >= 11 is 6.15. The van der Waals surface area contributed by atoms with Gasteiger partial charge in [-0.15, -0.1) is 0 Å². The number of hydrogen-bond donors (Lipinski definition) is 1. The molecular weight excluding hydrogens is 322 g/mol. The number of rotatable bonds is 1. The Hall–Kier alpha value is -1.84. The predicted octanol–water partition coefficient (Wildman–Crippen LogP) is 3.79. The molecule has 24 heavy (non-hydrogen) atoms. The highest BCUT2D eigenvalue weighted by Crippen LogP contribution is 2.44. The molecule has 0 spiro atoms. The molecule has 124 valence electrons. The summed E-state index contributed by atoms with van der Waals surface area (Å²) in [6.07, 6.45) is 3.81. The standard InChI is InChI=1S/C20H20ClNO2/c1-22-8-7-12-9-17(21)19(24)10-16(12)20-15-4-2-3-13(11-23)14(15)5-6-18(20)22/h2-4,9-11,18,20,24H,5-8H2,1H3/t18-,20?/m0/s1. The molecule has 1 heterocycles. The van der Waals surface area contributed by atoms with E-state index in [-0.39, 0.29) is 11.7 Å². The lowest BCUT2D eigenvalue weighted by Gasteiger charge is -2.38. The maximum atomic E-state index is 11.4. The van der Waals surface area contributed by atoms with Gasteiger partial charge in [0, 0.05) is 24.1 Å². The molecule has 3 nitrogen and oxygen atoms in total. The van der Waals surface area contributed by atoms with E-state index >= 15 is 0 Å². The van der Waals surface area contributed by atoms with Gasteiger partial charge < -0.3 is 10.0 Å². The van der Waals surface area contributed by atoms with Gasteiger partial charge in [0.1, 0.15) is 12.0 Å². The fourth-order valence-electron chi connectivity index (χ4n) is 4.42. The third-order valence-electron chi connectivity index (χ3n) is 5.63. The highest BCUT2D eigenvalue weighted by atomic mass is 35.5. The van der Waals surface area contributed by atoms with Gasteiger partial charge in [0.05, 0.1) is 5.02 Å². The van der Waals surface area contributed by atoms with Crippen LogP contribution in [-0.2, 0) is 12.8 Å². The third-order valence-corrected chi connectivity index (χ3v) is 5.93. The number of halogens is 1. The lowest BCUT2D eigenvalue weighted by Crippen LogP contribution is -2.39. The van der Waals surface area contributed by atoms with Crippen LogP contribution in [0.5, 0.6) is 5.75 Å². The minimum Gasteiger partial charge on any atom is -0.506 e. The molecule has 0 amide bonds. The molecule has 4 heteroatoms. The van der Waals surface area contributed by atoms with Gasteiger partial charge in [-0.1, -0.05) is 29.8 Å². The van der Waals surface area contributed by atoms with Crippen molar-refractivity contribution in [3.8, 4) is 5.75 Å². The van der Waals surface area contributed by atoms with Crippen molar-refractivity contribution in [1.29, 1.82) is 0 Å². The third kappa shape index (κ3) is 2.35. The number of carbonyl (C=O) groups excluding carboxylic acids is 1. The number of hydrogen-bond acceptors (Lipinski definition) is 3. The van der Waals surface area contributed by atoms with Crippen molar-refractivity contribution in [1.82, 2.24) is 4.90 Å². The van der Waals surface area contributed by atoms with Crippen LogP contribution in [0.2, 0.25) is 5.02 Å². The van der Waals surface area contributed by atoms with E-state index in [1.54, 1.807) is 0 Å². The second kappa shape index (κ2) is 5.91. The normalized spacial score (nSPS) is 22.9. The average Bonchev–Trinajstić information content (AvgIpc) is 2.73. The molecule has 1 unspecified atom stereocenters. The Kier molecular flexibility index (Phi) is 3.86. The van der Waals surface area contributed by atoms with E-state index in [9.17, 15) is 9.90 Å². The maximum Gasteiger partial charge on any atom is 0.150 e. The summed E-state index contributed by atoms with van der Waals surface area (Å²) in [5.41, 5.74) is 5.51. The molecule has 2 aliphatic rings. The number of carbonyl (C=O) groups is 1. The van der Waals surface area contributed by atoms with Crippen LogP contribution in [0, 0.1) is 0 Å². The first kappa shape index (κ1) is 15.7. The first-order valence-corrected chi connectivity index (χ1v) is 8.76. The number of aldehydes is 1. The maximum absolute atomic E-state index is 11.4. The second-order valence-electron chi connectivity index (χ2n) is 6.85. The molecule has 0 bridgehead atoms. The Morgan fingerprint density at radius 2 is 2.08 bits per heavy atom. The van der Waals surface area contributed by atoms with Gasteiger partial charge in [0.2, 0.25) is 0 Å². The van der Waals surface area contributed by atoms with Gasteiger partial charge >= 0.3 is 0 Å². The fourth-order valence-corrected chi connectivity index (χ4v) is 4.60. The molecule has 0 aromatic heterocycles. The molecule has 0 saturated heterocycles. The first-order valence-electron chi connectivity index (χ1n) is 8.38. The summed E-state index contributed by atoms with van der Waals surface area (Å²) in [6, 6.07) is 10.1. The zero-order valence-electron chi connectivity index (χ0n) is 13.6. The van der Waals surface area contributed by atoms with Crippen molar-refractivity contribution in [2.45, 2.75) is 31.2 Å². The average molecular weight is 342 g/mol. The van der Waals surface area contributed by atoms with Gasteiger partial charge in [-0.05, 0) is 60.7 Å². The highest BCUT2D eigenvalue weighted by Gasteiger charge is 2.37. The number of nitrogens with zero attached hydrogens (tertiary/aromatic N) is 1. The summed E-state index contributed by atoms with van der Waals surface area (Å²) in [7, 11) is 2.17. The molecule has 1 aliphatic carbocycles. The Bertz CT molecular complexity index is 818. The molecule has 4 rings (SSSR count). The quantitative estimate of drug-likeness (QED) is 0.802. The second-order valence-corrected chi connectivity index (χ2v) is 7.26.